The first-order valence-electron chi connectivity index (χ1n) is 10.0. The number of aromatic amines is 1. The third kappa shape index (κ3) is 4.49. The van der Waals surface area contributed by atoms with Crippen LogP contribution in [-0.4, -0.2) is 41.2 Å². The lowest BCUT2D eigenvalue weighted by atomic mass is 10.1. The number of ether oxygens (including phenoxy) is 1. The largest absolute Gasteiger partial charge is 0.466 e. The summed E-state index contributed by atoms with van der Waals surface area (Å²) >= 11 is 0. The van der Waals surface area contributed by atoms with E-state index in [1.165, 1.54) is 18.1 Å². The van der Waals surface area contributed by atoms with E-state index in [0.29, 0.717) is 17.6 Å². The third-order valence-corrected chi connectivity index (χ3v) is 5.49. The third-order valence-electron chi connectivity index (χ3n) is 5.49. The van der Waals surface area contributed by atoms with E-state index in [4.69, 9.17) is 9.15 Å². The van der Waals surface area contributed by atoms with Crippen molar-refractivity contribution >= 4 is 0 Å². The number of likely N-dealkylation sites (tertiary alicyclic amines) is 1. The van der Waals surface area contributed by atoms with Crippen molar-refractivity contribution in [3.63, 3.8) is 0 Å². The zero-order chi connectivity index (χ0) is 20.4. The van der Waals surface area contributed by atoms with E-state index in [-0.39, 0.29) is 5.56 Å². The smallest absolute Gasteiger partial charge is 0.251 e. The Kier molecular flexibility index (Phi) is 5.65. The molecule has 0 amide bonds. The van der Waals surface area contributed by atoms with E-state index < -0.39 is 0 Å². The number of nitrogens with one attached hydrogen (secondary N) is 1. The van der Waals surface area contributed by atoms with Gasteiger partial charge < -0.3 is 14.1 Å². The Labute approximate surface area is 170 Å². The molecule has 1 unspecified atom stereocenters. The van der Waals surface area contributed by atoms with Gasteiger partial charge in [0.2, 0.25) is 0 Å². The first-order chi connectivity index (χ1) is 14.0. The SMILES string of the molecule is COC1CCCN(Cc2ccc(-c3nc(-c4cc(C)oc4C)cc(=O)[nH]3)cc2)C1. The van der Waals surface area contributed by atoms with Gasteiger partial charge in [0.25, 0.3) is 5.56 Å². The molecule has 29 heavy (non-hydrogen) atoms. The van der Waals surface area contributed by atoms with Gasteiger partial charge >= 0.3 is 0 Å². The molecular weight excluding hydrogens is 366 g/mol. The van der Waals surface area contributed by atoms with Gasteiger partial charge in [0.1, 0.15) is 17.3 Å². The molecule has 1 fully saturated rings. The van der Waals surface area contributed by atoms with Crippen LogP contribution in [0.4, 0.5) is 0 Å². The maximum Gasteiger partial charge on any atom is 0.251 e. The van der Waals surface area contributed by atoms with E-state index in [1.54, 1.807) is 7.11 Å². The van der Waals surface area contributed by atoms with Crippen LogP contribution in [0.5, 0.6) is 0 Å². The molecule has 3 heterocycles. The first kappa shape index (κ1) is 19.6. The van der Waals surface area contributed by atoms with Gasteiger partial charge in [-0.25, -0.2) is 4.98 Å². The van der Waals surface area contributed by atoms with Crippen molar-refractivity contribution in [3.05, 3.63) is 63.8 Å². The second-order valence-corrected chi connectivity index (χ2v) is 7.74. The van der Waals surface area contributed by atoms with Crippen molar-refractivity contribution in [1.29, 1.82) is 0 Å². The lowest BCUT2D eigenvalue weighted by molar-refractivity contribution is 0.0285. The van der Waals surface area contributed by atoms with Gasteiger partial charge in [-0.15, -0.1) is 0 Å². The fourth-order valence-corrected chi connectivity index (χ4v) is 3.99. The summed E-state index contributed by atoms with van der Waals surface area (Å²) in [5.41, 5.74) is 3.43. The van der Waals surface area contributed by atoms with Gasteiger partial charge in [-0.3, -0.25) is 9.69 Å². The first-order valence-corrected chi connectivity index (χ1v) is 10.0. The van der Waals surface area contributed by atoms with Crippen LogP contribution < -0.4 is 5.56 Å². The van der Waals surface area contributed by atoms with Crippen LogP contribution >= 0.6 is 0 Å². The summed E-state index contributed by atoms with van der Waals surface area (Å²) in [7, 11) is 1.79. The molecule has 3 aromatic rings. The predicted octanol–water partition coefficient (Wildman–Crippen LogP) is 3.92. The molecule has 6 nitrogen and oxygen atoms in total. The molecule has 4 rings (SSSR count). The molecule has 1 aliphatic rings. The Hall–Kier alpha value is -2.70. The maximum atomic E-state index is 12.2. The van der Waals surface area contributed by atoms with Gasteiger partial charge in [-0.1, -0.05) is 24.3 Å². The van der Waals surface area contributed by atoms with Crippen molar-refractivity contribution in [3.8, 4) is 22.6 Å². The summed E-state index contributed by atoms with van der Waals surface area (Å²) in [4.78, 5) is 22.2. The zero-order valence-electron chi connectivity index (χ0n) is 17.2. The Balaban J connectivity index is 1.55. The highest BCUT2D eigenvalue weighted by Gasteiger charge is 2.19. The summed E-state index contributed by atoms with van der Waals surface area (Å²) < 4.78 is 11.1. The molecule has 0 radical (unpaired) electrons. The molecule has 1 aliphatic heterocycles. The number of hydrogen-bond acceptors (Lipinski definition) is 5. The van der Waals surface area contributed by atoms with Gasteiger partial charge in [-0.2, -0.15) is 0 Å². The fraction of sp³-hybridized carbons (Fsp3) is 0.391. The average molecular weight is 393 g/mol. The number of methoxy groups -OCH3 is 1. The van der Waals surface area contributed by atoms with Crippen molar-refractivity contribution in [2.45, 2.75) is 39.3 Å². The Bertz CT molecular complexity index is 1040. The minimum absolute atomic E-state index is 0.175. The molecule has 0 bridgehead atoms. The normalized spacial score (nSPS) is 17.6. The second-order valence-electron chi connectivity index (χ2n) is 7.74. The van der Waals surface area contributed by atoms with E-state index in [2.05, 4.69) is 27.0 Å². The number of nitrogens with zero attached hydrogens (tertiary/aromatic N) is 2. The van der Waals surface area contributed by atoms with Crippen LogP contribution in [0.2, 0.25) is 0 Å². The van der Waals surface area contributed by atoms with Crippen LogP contribution in [0.1, 0.15) is 29.9 Å². The van der Waals surface area contributed by atoms with Crippen molar-refractivity contribution in [1.82, 2.24) is 14.9 Å². The number of H-pyrrole nitrogens is 1. The molecule has 152 valence electrons. The Morgan fingerprint density at radius 1 is 1.24 bits per heavy atom. The number of aromatic nitrogens is 2. The summed E-state index contributed by atoms with van der Waals surface area (Å²) in [6, 6.07) is 11.7. The van der Waals surface area contributed by atoms with Gasteiger partial charge in [0.05, 0.1) is 11.8 Å². The number of aryl methyl sites for hydroxylation is 2. The lowest BCUT2D eigenvalue weighted by Gasteiger charge is -2.31. The van der Waals surface area contributed by atoms with Crippen LogP contribution in [-0.2, 0) is 11.3 Å². The quantitative estimate of drug-likeness (QED) is 0.711. The molecule has 1 atom stereocenters. The second kappa shape index (κ2) is 8.35. The molecule has 1 aromatic carbocycles. The Morgan fingerprint density at radius 2 is 2.03 bits per heavy atom. The highest BCUT2D eigenvalue weighted by atomic mass is 16.5. The molecular formula is C23H27N3O3. The fourth-order valence-electron chi connectivity index (χ4n) is 3.99. The number of piperidine rings is 1. The molecule has 0 aliphatic carbocycles. The predicted molar refractivity (Wildman–Crippen MR) is 113 cm³/mol. The summed E-state index contributed by atoms with van der Waals surface area (Å²) in [6.45, 7) is 6.74. The van der Waals surface area contributed by atoms with E-state index >= 15 is 0 Å². The van der Waals surface area contributed by atoms with Crippen molar-refractivity contribution < 1.29 is 9.15 Å². The number of benzene rings is 1. The zero-order valence-corrected chi connectivity index (χ0v) is 17.2. The van der Waals surface area contributed by atoms with Crippen LogP contribution in [0, 0.1) is 13.8 Å². The number of hydrogen-bond donors (Lipinski definition) is 1. The molecule has 1 saturated heterocycles. The monoisotopic (exact) mass is 393 g/mol. The molecule has 6 heteroatoms. The van der Waals surface area contributed by atoms with Crippen molar-refractivity contribution in [2.24, 2.45) is 0 Å². The summed E-state index contributed by atoms with van der Waals surface area (Å²) in [5.74, 6) is 2.13. The van der Waals surface area contributed by atoms with Crippen LogP contribution in [0.15, 0.2) is 45.6 Å². The Morgan fingerprint density at radius 3 is 2.72 bits per heavy atom. The van der Waals surface area contributed by atoms with Gasteiger partial charge in [0.15, 0.2) is 0 Å². The van der Waals surface area contributed by atoms with E-state index in [0.717, 1.165) is 48.7 Å². The van der Waals surface area contributed by atoms with Gasteiger partial charge in [0, 0.05) is 37.4 Å². The number of furan rings is 1. The molecule has 0 spiro atoms. The molecule has 1 N–H and O–H groups in total. The average Bonchev–Trinajstić information content (AvgIpc) is 3.06. The van der Waals surface area contributed by atoms with E-state index in [9.17, 15) is 4.79 Å². The topological polar surface area (TPSA) is 71.4 Å². The molecule has 2 aromatic heterocycles. The van der Waals surface area contributed by atoms with Crippen LogP contribution in [0.25, 0.3) is 22.6 Å². The minimum Gasteiger partial charge on any atom is -0.466 e. The summed E-state index contributed by atoms with van der Waals surface area (Å²) in [6.07, 6.45) is 2.63. The standard InChI is InChI=1S/C23H27N3O3/c1-15-11-20(16(2)29-15)21-12-22(27)25-23(24-21)18-8-6-17(7-9-18)13-26-10-4-5-19(14-26)28-3/h6-9,11-12,19H,4-5,10,13-14H2,1-3H3,(H,24,25,27). The minimum atomic E-state index is -0.175. The summed E-state index contributed by atoms with van der Waals surface area (Å²) in [5, 5.41) is 0. The maximum absolute atomic E-state index is 12.2. The van der Waals surface area contributed by atoms with E-state index in [1.807, 2.05) is 32.0 Å². The lowest BCUT2D eigenvalue weighted by Crippen LogP contribution is -2.38. The van der Waals surface area contributed by atoms with Crippen LogP contribution in [0.3, 0.4) is 0 Å². The highest BCUT2D eigenvalue weighted by Crippen LogP contribution is 2.26. The van der Waals surface area contributed by atoms with Gasteiger partial charge in [-0.05, 0) is 44.9 Å². The molecule has 0 saturated carbocycles. The highest BCUT2D eigenvalue weighted by molar-refractivity contribution is 5.65. The number of rotatable bonds is 5. The van der Waals surface area contributed by atoms with Crippen molar-refractivity contribution in [2.75, 3.05) is 20.2 Å².